The minimum atomic E-state index is -0.460. The lowest BCUT2D eigenvalue weighted by atomic mass is 10.1. The number of benzene rings is 3. The highest BCUT2D eigenvalue weighted by molar-refractivity contribution is 6.21. The van der Waals surface area contributed by atoms with Gasteiger partial charge in [-0.1, -0.05) is 24.3 Å². The zero-order valence-corrected chi connectivity index (χ0v) is 16.6. The summed E-state index contributed by atoms with van der Waals surface area (Å²) in [7, 11) is 1.30. The van der Waals surface area contributed by atoms with E-state index in [4.69, 9.17) is 0 Å². The number of amides is 3. The molecule has 0 radical (unpaired) electrons. The van der Waals surface area contributed by atoms with Crippen LogP contribution in [-0.4, -0.2) is 35.7 Å². The fraction of sp³-hybridized carbons (Fsp3) is 0.0833. The van der Waals surface area contributed by atoms with Crippen LogP contribution in [0.25, 0.3) is 0 Å². The molecule has 4 rings (SSSR count). The van der Waals surface area contributed by atoms with Gasteiger partial charge in [-0.05, 0) is 54.1 Å². The van der Waals surface area contributed by atoms with Crippen LogP contribution < -0.4 is 5.32 Å². The molecule has 3 aromatic rings. The third-order valence-corrected chi connectivity index (χ3v) is 4.97. The molecule has 3 aromatic carbocycles. The summed E-state index contributed by atoms with van der Waals surface area (Å²) < 4.78 is 4.65. The first-order chi connectivity index (χ1) is 15.0. The van der Waals surface area contributed by atoms with Gasteiger partial charge in [-0.2, -0.15) is 0 Å². The Labute approximate surface area is 178 Å². The summed E-state index contributed by atoms with van der Waals surface area (Å²) in [6.45, 7) is 0.0707. The zero-order chi connectivity index (χ0) is 22.0. The van der Waals surface area contributed by atoms with Crippen LogP contribution >= 0.6 is 0 Å². The lowest BCUT2D eigenvalue weighted by Gasteiger charge is -2.14. The van der Waals surface area contributed by atoms with E-state index in [1.807, 2.05) is 0 Å². The van der Waals surface area contributed by atoms with Crippen molar-refractivity contribution in [3.63, 3.8) is 0 Å². The van der Waals surface area contributed by atoms with Gasteiger partial charge in [0.1, 0.15) is 0 Å². The molecule has 0 aromatic heterocycles. The summed E-state index contributed by atoms with van der Waals surface area (Å²) in [5.41, 5.74) is 2.70. The zero-order valence-electron chi connectivity index (χ0n) is 16.6. The second-order valence-electron chi connectivity index (χ2n) is 6.97. The number of fused-ring (bicyclic) bond motifs is 1. The number of nitrogens with zero attached hydrogens (tertiary/aromatic N) is 1. The van der Waals surface area contributed by atoms with E-state index in [0.29, 0.717) is 33.5 Å². The fourth-order valence-corrected chi connectivity index (χ4v) is 3.39. The number of hydrogen-bond acceptors (Lipinski definition) is 5. The standard InChI is InChI=1S/C24H18N2O5/c1-31-24(30)16-9-11-18(12-10-16)25-21(27)17-6-4-5-15(13-17)14-26-22(28)19-7-2-3-8-20(19)23(26)29/h2-13H,14H2,1H3,(H,25,27). The van der Waals surface area contributed by atoms with E-state index in [2.05, 4.69) is 10.1 Å². The molecule has 0 saturated carbocycles. The molecule has 154 valence electrons. The van der Waals surface area contributed by atoms with Gasteiger partial charge in [0.15, 0.2) is 0 Å². The molecule has 7 heteroatoms. The van der Waals surface area contributed by atoms with Crippen LogP contribution in [0.4, 0.5) is 5.69 Å². The van der Waals surface area contributed by atoms with Crippen LogP contribution in [0.3, 0.4) is 0 Å². The predicted molar refractivity (Wildman–Crippen MR) is 113 cm³/mol. The Bertz CT molecular complexity index is 1170. The van der Waals surface area contributed by atoms with E-state index in [-0.39, 0.29) is 24.3 Å². The first-order valence-electron chi connectivity index (χ1n) is 9.52. The molecule has 1 aliphatic heterocycles. The average Bonchev–Trinajstić information content (AvgIpc) is 3.04. The summed E-state index contributed by atoms with van der Waals surface area (Å²) in [5, 5.41) is 2.76. The van der Waals surface area contributed by atoms with E-state index in [9.17, 15) is 19.2 Å². The van der Waals surface area contributed by atoms with E-state index in [1.165, 1.54) is 12.0 Å². The second-order valence-corrected chi connectivity index (χ2v) is 6.97. The van der Waals surface area contributed by atoms with E-state index in [0.717, 1.165) is 0 Å². The number of methoxy groups -OCH3 is 1. The lowest BCUT2D eigenvalue weighted by molar-refractivity contribution is 0.0597. The van der Waals surface area contributed by atoms with Gasteiger partial charge in [-0.3, -0.25) is 19.3 Å². The Morgan fingerprint density at radius 1 is 0.839 bits per heavy atom. The van der Waals surface area contributed by atoms with Crippen molar-refractivity contribution in [1.82, 2.24) is 4.90 Å². The molecule has 7 nitrogen and oxygen atoms in total. The minimum Gasteiger partial charge on any atom is -0.465 e. The maximum atomic E-state index is 12.6. The van der Waals surface area contributed by atoms with Gasteiger partial charge in [-0.25, -0.2) is 4.79 Å². The SMILES string of the molecule is COC(=O)c1ccc(NC(=O)c2cccc(CN3C(=O)c4ccccc4C3=O)c2)cc1. The first-order valence-corrected chi connectivity index (χ1v) is 9.52. The largest absolute Gasteiger partial charge is 0.465 e. The van der Waals surface area contributed by atoms with Crippen molar-refractivity contribution in [2.45, 2.75) is 6.54 Å². The maximum Gasteiger partial charge on any atom is 0.337 e. The second kappa shape index (κ2) is 8.23. The Balaban J connectivity index is 1.47. The molecule has 3 amide bonds. The molecule has 0 bridgehead atoms. The Morgan fingerprint density at radius 3 is 2.10 bits per heavy atom. The van der Waals surface area contributed by atoms with E-state index in [1.54, 1.807) is 72.8 Å². The third kappa shape index (κ3) is 3.93. The Morgan fingerprint density at radius 2 is 1.48 bits per heavy atom. The van der Waals surface area contributed by atoms with Gasteiger partial charge in [-0.15, -0.1) is 0 Å². The Hall–Kier alpha value is -4.26. The molecule has 0 atom stereocenters. The molecule has 1 aliphatic rings. The van der Waals surface area contributed by atoms with Crippen LogP contribution in [0, 0.1) is 0 Å². The predicted octanol–water partition coefficient (Wildman–Crippen LogP) is 3.52. The number of nitrogens with one attached hydrogen (secondary N) is 1. The normalized spacial score (nSPS) is 12.5. The maximum absolute atomic E-state index is 12.6. The molecule has 0 spiro atoms. The number of anilines is 1. The van der Waals surface area contributed by atoms with Crippen LogP contribution in [0.15, 0.2) is 72.8 Å². The molecule has 1 heterocycles. The van der Waals surface area contributed by atoms with Crippen molar-refractivity contribution in [1.29, 1.82) is 0 Å². The molecular weight excluding hydrogens is 396 g/mol. The van der Waals surface area contributed by atoms with Crippen molar-refractivity contribution < 1.29 is 23.9 Å². The van der Waals surface area contributed by atoms with Gasteiger partial charge in [0.05, 0.1) is 30.3 Å². The van der Waals surface area contributed by atoms with Crippen LogP contribution in [-0.2, 0) is 11.3 Å². The number of esters is 1. The topological polar surface area (TPSA) is 92.8 Å². The summed E-state index contributed by atoms with van der Waals surface area (Å²) in [6, 6.07) is 19.8. The average molecular weight is 414 g/mol. The molecule has 1 N–H and O–H groups in total. The highest BCUT2D eigenvalue weighted by Crippen LogP contribution is 2.24. The molecule has 0 saturated heterocycles. The minimum absolute atomic E-state index is 0.0707. The lowest BCUT2D eigenvalue weighted by Crippen LogP contribution is -2.29. The van der Waals surface area contributed by atoms with Gasteiger partial charge in [0.25, 0.3) is 17.7 Å². The molecule has 0 aliphatic carbocycles. The van der Waals surface area contributed by atoms with E-state index < -0.39 is 5.97 Å². The van der Waals surface area contributed by atoms with Crippen molar-refractivity contribution >= 4 is 29.4 Å². The molecule has 31 heavy (non-hydrogen) atoms. The molecule has 0 unspecified atom stereocenters. The van der Waals surface area contributed by atoms with Crippen molar-refractivity contribution in [3.05, 3.63) is 101 Å². The number of ether oxygens (including phenoxy) is 1. The van der Waals surface area contributed by atoms with Gasteiger partial charge >= 0.3 is 5.97 Å². The highest BCUT2D eigenvalue weighted by atomic mass is 16.5. The van der Waals surface area contributed by atoms with Crippen molar-refractivity contribution in [2.75, 3.05) is 12.4 Å². The monoisotopic (exact) mass is 414 g/mol. The van der Waals surface area contributed by atoms with Crippen LogP contribution in [0.5, 0.6) is 0 Å². The summed E-state index contributed by atoms with van der Waals surface area (Å²) in [5.74, 6) is -1.50. The third-order valence-electron chi connectivity index (χ3n) is 4.97. The number of hydrogen-bond donors (Lipinski definition) is 1. The summed E-state index contributed by atoms with van der Waals surface area (Å²) in [6.07, 6.45) is 0. The Kier molecular flexibility index (Phi) is 5.32. The molecular formula is C24H18N2O5. The number of carbonyl (C=O) groups excluding carboxylic acids is 4. The fourth-order valence-electron chi connectivity index (χ4n) is 3.39. The van der Waals surface area contributed by atoms with Crippen molar-refractivity contribution in [2.24, 2.45) is 0 Å². The first kappa shape index (κ1) is 20.0. The van der Waals surface area contributed by atoms with Crippen molar-refractivity contribution in [3.8, 4) is 0 Å². The van der Waals surface area contributed by atoms with Gasteiger partial charge in [0, 0.05) is 11.3 Å². The highest BCUT2D eigenvalue weighted by Gasteiger charge is 2.34. The molecule has 0 fully saturated rings. The van der Waals surface area contributed by atoms with E-state index >= 15 is 0 Å². The van der Waals surface area contributed by atoms with Gasteiger partial charge in [0.2, 0.25) is 0 Å². The number of rotatable bonds is 5. The summed E-state index contributed by atoms with van der Waals surface area (Å²) in [4.78, 5) is 50.4. The van der Waals surface area contributed by atoms with Crippen LogP contribution in [0.2, 0.25) is 0 Å². The number of imide groups is 1. The number of carbonyl (C=O) groups is 4. The van der Waals surface area contributed by atoms with Crippen LogP contribution in [0.1, 0.15) is 47.0 Å². The van der Waals surface area contributed by atoms with Gasteiger partial charge < -0.3 is 10.1 Å². The quantitative estimate of drug-likeness (QED) is 0.509. The smallest absolute Gasteiger partial charge is 0.337 e. The summed E-state index contributed by atoms with van der Waals surface area (Å²) >= 11 is 0.